The van der Waals surface area contributed by atoms with E-state index in [1.807, 2.05) is 5.38 Å². The van der Waals surface area contributed by atoms with Gasteiger partial charge in [-0.3, -0.25) is 0 Å². The molecule has 22 heavy (non-hydrogen) atoms. The molecule has 2 aromatic carbocycles. The molecule has 3 heteroatoms. The van der Waals surface area contributed by atoms with E-state index in [0.717, 1.165) is 22.8 Å². The highest BCUT2D eigenvalue weighted by Gasteiger charge is 2.19. The van der Waals surface area contributed by atoms with Crippen LogP contribution in [0.1, 0.15) is 11.1 Å². The first-order valence-electron chi connectivity index (χ1n) is 7.40. The fourth-order valence-corrected chi connectivity index (χ4v) is 3.61. The van der Waals surface area contributed by atoms with Crippen LogP contribution in [0, 0.1) is 0 Å². The third-order valence-corrected chi connectivity index (χ3v) is 4.76. The zero-order valence-corrected chi connectivity index (χ0v) is 12.9. The molecule has 2 heterocycles. The summed E-state index contributed by atoms with van der Waals surface area (Å²) < 4.78 is 11.4. The second kappa shape index (κ2) is 5.85. The second-order valence-corrected chi connectivity index (χ2v) is 6.19. The predicted molar refractivity (Wildman–Crippen MR) is 90.0 cm³/mol. The molecule has 0 fully saturated rings. The van der Waals surface area contributed by atoms with Gasteiger partial charge >= 0.3 is 0 Å². The van der Waals surface area contributed by atoms with Crippen LogP contribution < -0.4 is 9.47 Å². The van der Waals surface area contributed by atoms with Gasteiger partial charge in [0.15, 0.2) is 11.5 Å². The van der Waals surface area contributed by atoms with E-state index in [1.165, 1.54) is 16.7 Å². The lowest BCUT2D eigenvalue weighted by Gasteiger charge is -2.16. The molecule has 1 aliphatic heterocycles. The van der Waals surface area contributed by atoms with Gasteiger partial charge in [-0.15, -0.1) is 11.3 Å². The lowest BCUT2D eigenvalue weighted by atomic mass is 10.0. The fraction of sp³-hybridized carbons (Fsp3) is 0.158. The molecule has 0 unspecified atom stereocenters. The van der Waals surface area contributed by atoms with Crippen molar-refractivity contribution in [2.24, 2.45) is 0 Å². The molecule has 0 saturated heterocycles. The molecule has 0 amide bonds. The average molecular weight is 308 g/mol. The van der Waals surface area contributed by atoms with Crippen molar-refractivity contribution in [3.8, 4) is 21.9 Å². The Kier molecular flexibility index (Phi) is 3.57. The summed E-state index contributed by atoms with van der Waals surface area (Å²) in [4.78, 5) is 1.15. The first-order chi connectivity index (χ1) is 10.9. The van der Waals surface area contributed by atoms with Crippen molar-refractivity contribution in [3.05, 3.63) is 71.1 Å². The van der Waals surface area contributed by atoms with Gasteiger partial charge in [0.05, 0.1) is 4.88 Å². The van der Waals surface area contributed by atoms with Crippen LogP contribution in [-0.2, 0) is 6.42 Å². The number of rotatable bonds is 3. The monoisotopic (exact) mass is 308 g/mol. The van der Waals surface area contributed by atoms with Gasteiger partial charge in [0.1, 0.15) is 13.2 Å². The summed E-state index contributed by atoms with van der Waals surface area (Å²) in [5.74, 6) is 1.77. The summed E-state index contributed by atoms with van der Waals surface area (Å²) in [6.07, 6.45) is 0.962. The van der Waals surface area contributed by atoms with Crippen LogP contribution in [0.3, 0.4) is 0 Å². The van der Waals surface area contributed by atoms with Crippen molar-refractivity contribution in [3.63, 3.8) is 0 Å². The molecule has 3 aromatic rings. The summed E-state index contributed by atoms with van der Waals surface area (Å²) in [7, 11) is 0. The van der Waals surface area contributed by atoms with Gasteiger partial charge in [-0.25, -0.2) is 0 Å². The van der Waals surface area contributed by atoms with E-state index >= 15 is 0 Å². The third-order valence-electron chi connectivity index (χ3n) is 3.77. The smallest absolute Gasteiger partial charge is 0.179 e. The highest BCUT2D eigenvalue weighted by molar-refractivity contribution is 7.14. The zero-order valence-electron chi connectivity index (χ0n) is 12.1. The minimum Gasteiger partial charge on any atom is -0.485 e. The molecular formula is C19H16O2S. The molecule has 0 spiro atoms. The molecule has 1 aliphatic rings. The Hall–Kier alpha value is -2.26. The van der Waals surface area contributed by atoms with Crippen LogP contribution in [0.25, 0.3) is 10.4 Å². The van der Waals surface area contributed by atoms with Crippen LogP contribution in [0.2, 0.25) is 0 Å². The maximum atomic E-state index is 5.76. The van der Waals surface area contributed by atoms with Crippen LogP contribution in [-0.4, -0.2) is 13.2 Å². The summed E-state index contributed by atoms with van der Waals surface area (Å²) in [5.41, 5.74) is 3.84. The van der Waals surface area contributed by atoms with Crippen LogP contribution in [0.4, 0.5) is 0 Å². The molecule has 2 nitrogen and oxygen atoms in total. The molecule has 4 rings (SSSR count). The Balaban J connectivity index is 1.58. The summed E-state index contributed by atoms with van der Waals surface area (Å²) in [6.45, 7) is 1.27. The summed E-state index contributed by atoms with van der Waals surface area (Å²) in [6, 6.07) is 19.3. The predicted octanol–water partition coefficient (Wildman–Crippen LogP) is 4.78. The van der Waals surface area contributed by atoms with E-state index in [1.54, 1.807) is 11.3 Å². The largest absolute Gasteiger partial charge is 0.485 e. The van der Waals surface area contributed by atoms with Crippen molar-refractivity contribution in [2.45, 2.75) is 6.42 Å². The van der Waals surface area contributed by atoms with E-state index in [2.05, 4.69) is 54.6 Å². The number of ether oxygens (including phenoxy) is 2. The molecule has 1 aromatic heterocycles. The highest BCUT2D eigenvalue weighted by Crippen LogP contribution is 2.45. The molecule has 0 N–H and O–H groups in total. The Bertz CT molecular complexity index is 760. The van der Waals surface area contributed by atoms with E-state index in [0.29, 0.717) is 13.2 Å². The lowest BCUT2D eigenvalue weighted by molar-refractivity contribution is 0.174. The maximum Gasteiger partial charge on any atom is 0.179 e. The van der Waals surface area contributed by atoms with E-state index in [-0.39, 0.29) is 0 Å². The molecule has 0 saturated carbocycles. The zero-order chi connectivity index (χ0) is 14.8. The van der Waals surface area contributed by atoms with Crippen molar-refractivity contribution >= 4 is 11.3 Å². The number of thiophene rings is 1. The fourth-order valence-electron chi connectivity index (χ4n) is 2.67. The number of fused-ring (bicyclic) bond motifs is 1. The van der Waals surface area contributed by atoms with E-state index < -0.39 is 0 Å². The van der Waals surface area contributed by atoms with Gasteiger partial charge in [-0.2, -0.15) is 0 Å². The Labute approximate surface area is 134 Å². The Morgan fingerprint density at radius 3 is 2.36 bits per heavy atom. The van der Waals surface area contributed by atoms with Crippen molar-refractivity contribution in [1.29, 1.82) is 0 Å². The van der Waals surface area contributed by atoms with Gasteiger partial charge in [0.25, 0.3) is 0 Å². The molecule has 0 radical (unpaired) electrons. The molecule has 110 valence electrons. The number of benzene rings is 2. The maximum absolute atomic E-state index is 5.76. The van der Waals surface area contributed by atoms with Gasteiger partial charge in [0, 0.05) is 5.38 Å². The topological polar surface area (TPSA) is 18.5 Å². The van der Waals surface area contributed by atoms with Crippen LogP contribution in [0.5, 0.6) is 11.5 Å². The third kappa shape index (κ3) is 2.60. The van der Waals surface area contributed by atoms with Gasteiger partial charge in [0.2, 0.25) is 0 Å². The second-order valence-electron chi connectivity index (χ2n) is 5.31. The standard InChI is InChI=1S/C19H16O2S/c1-2-4-14(5-3-1)12-15-6-8-16(9-7-15)19-18-17(13-22-19)20-10-11-21-18/h1-9,13H,10-12H2. The van der Waals surface area contributed by atoms with E-state index in [4.69, 9.17) is 9.47 Å². The molecular weight excluding hydrogens is 292 g/mol. The van der Waals surface area contributed by atoms with Gasteiger partial charge in [-0.05, 0) is 23.1 Å². The van der Waals surface area contributed by atoms with E-state index in [9.17, 15) is 0 Å². The molecule has 0 bridgehead atoms. The highest BCUT2D eigenvalue weighted by atomic mass is 32.1. The minimum absolute atomic E-state index is 0.628. The molecule has 0 atom stereocenters. The SMILES string of the molecule is c1ccc(Cc2ccc(-c3scc4c3OCCO4)cc2)cc1. The van der Waals surface area contributed by atoms with Gasteiger partial charge < -0.3 is 9.47 Å². The Morgan fingerprint density at radius 1 is 0.818 bits per heavy atom. The van der Waals surface area contributed by atoms with Crippen molar-refractivity contribution < 1.29 is 9.47 Å². The summed E-state index contributed by atoms with van der Waals surface area (Å²) >= 11 is 1.68. The number of hydrogen-bond acceptors (Lipinski definition) is 3. The first kappa shape index (κ1) is 13.4. The molecule has 0 aliphatic carbocycles. The summed E-state index contributed by atoms with van der Waals surface area (Å²) in [5, 5.41) is 2.03. The lowest BCUT2D eigenvalue weighted by Crippen LogP contribution is -2.14. The average Bonchev–Trinajstić information content (AvgIpc) is 3.01. The van der Waals surface area contributed by atoms with Crippen LogP contribution >= 0.6 is 11.3 Å². The van der Waals surface area contributed by atoms with Crippen molar-refractivity contribution in [2.75, 3.05) is 13.2 Å². The van der Waals surface area contributed by atoms with Crippen molar-refractivity contribution in [1.82, 2.24) is 0 Å². The minimum atomic E-state index is 0.628. The van der Waals surface area contributed by atoms with Gasteiger partial charge in [-0.1, -0.05) is 54.6 Å². The number of hydrogen-bond donors (Lipinski definition) is 0. The quantitative estimate of drug-likeness (QED) is 0.693. The first-order valence-corrected chi connectivity index (χ1v) is 8.28. The van der Waals surface area contributed by atoms with Crippen LogP contribution in [0.15, 0.2) is 60.0 Å². The normalized spacial score (nSPS) is 13.1. The Morgan fingerprint density at radius 2 is 1.55 bits per heavy atom.